The van der Waals surface area contributed by atoms with Gasteiger partial charge in [0.15, 0.2) is 12.3 Å². The molecule has 0 radical (unpaired) electrons. The van der Waals surface area contributed by atoms with Crippen LogP contribution >= 0.6 is 23.2 Å². The van der Waals surface area contributed by atoms with E-state index in [4.69, 9.17) is 27.9 Å². The highest BCUT2D eigenvalue weighted by molar-refractivity contribution is 6.35. The van der Waals surface area contributed by atoms with E-state index in [0.29, 0.717) is 27.8 Å². The highest BCUT2D eigenvalue weighted by Crippen LogP contribution is 2.28. The molecule has 126 valence electrons. The van der Waals surface area contributed by atoms with E-state index >= 15 is 0 Å². The normalized spacial score (nSPS) is 17.2. The van der Waals surface area contributed by atoms with Crippen molar-refractivity contribution < 1.29 is 13.9 Å². The van der Waals surface area contributed by atoms with Crippen LogP contribution in [0.3, 0.4) is 0 Å². The summed E-state index contributed by atoms with van der Waals surface area (Å²) in [5, 5.41) is 3.56. The van der Waals surface area contributed by atoms with Gasteiger partial charge in [0, 0.05) is 10.6 Å². The first kappa shape index (κ1) is 18.4. The van der Waals surface area contributed by atoms with Gasteiger partial charge in [-0.1, -0.05) is 48.0 Å². The maximum atomic E-state index is 13.1. The molecule has 6 heteroatoms. The minimum absolute atomic E-state index is 0.205. The molecule has 0 saturated carbocycles. The third kappa shape index (κ3) is 5.30. The van der Waals surface area contributed by atoms with E-state index in [-0.39, 0.29) is 12.5 Å². The Labute approximate surface area is 150 Å². The zero-order valence-corrected chi connectivity index (χ0v) is 14.5. The summed E-state index contributed by atoms with van der Waals surface area (Å²) in [6, 6.07) is 4.81. The molecule has 0 bridgehead atoms. The molecule has 2 unspecified atom stereocenters. The van der Waals surface area contributed by atoms with E-state index in [9.17, 15) is 9.18 Å². The summed E-state index contributed by atoms with van der Waals surface area (Å²) in [6.45, 7) is 2.03. The largest absolute Gasteiger partial charge is 0.479 e. The van der Waals surface area contributed by atoms with Crippen LogP contribution in [0.15, 0.2) is 42.0 Å². The Morgan fingerprint density at radius 1 is 1.46 bits per heavy atom. The number of carbonyl (C=O) groups excluding carboxylic acids is 1. The topological polar surface area (TPSA) is 38.3 Å². The number of ether oxygens (including phenoxy) is 1. The van der Waals surface area contributed by atoms with Crippen LogP contribution in [-0.2, 0) is 4.79 Å². The molecule has 0 heterocycles. The van der Waals surface area contributed by atoms with Crippen LogP contribution in [0.4, 0.5) is 4.39 Å². The fourth-order valence-electron chi connectivity index (χ4n) is 1.97. The molecule has 1 amide bonds. The zero-order valence-electron chi connectivity index (χ0n) is 13.0. The Morgan fingerprint density at radius 2 is 2.25 bits per heavy atom. The number of amides is 1. The standard InChI is InChI=1S/C18H16Cl2FNO2/c1-2-16(24-17-9-7-13(19)10-15(17)20)18(23)22-11-12-4-3-5-14(21)8-6-12/h3-5,7,9-10,14,16H,2,11H2,1H3,(H,22,23). The minimum atomic E-state index is -1.28. The second kappa shape index (κ2) is 8.77. The van der Waals surface area contributed by atoms with Crippen molar-refractivity contribution in [2.24, 2.45) is 0 Å². The summed E-state index contributed by atoms with van der Waals surface area (Å²) in [6.07, 6.45) is 3.07. The number of alkyl halides is 1. The molecule has 3 nitrogen and oxygen atoms in total. The quantitative estimate of drug-likeness (QED) is 0.768. The lowest BCUT2D eigenvalue weighted by atomic mass is 10.2. The van der Waals surface area contributed by atoms with Crippen LogP contribution in [0, 0.1) is 11.8 Å². The predicted octanol–water partition coefficient (Wildman–Crippen LogP) is 4.10. The summed E-state index contributed by atoms with van der Waals surface area (Å²) in [5.41, 5.74) is 0.624. The van der Waals surface area contributed by atoms with Crippen molar-refractivity contribution in [3.63, 3.8) is 0 Å². The number of benzene rings is 1. The SMILES string of the molecule is CCC(Oc1ccc(Cl)cc1Cl)C(=O)NCC1=CC=CC(F)C#C1. The maximum Gasteiger partial charge on any atom is 0.261 e. The number of nitrogens with one attached hydrogen (secondary N) is 1. The number of rotatable bonds is 6. The van der Waals surface area contributed by atoms with Crippen LogP contribution < -0.4 is 10.1 Å². The van der Waals surface area contributed by atoms with Crippen molar-refractivity contribution >= 4 is 29.1 Å². The lowest BCUT2D eigenvalue weighted by Crippen LogP contribution is -2.38. The average Bonchev–Trinajstić information content (AvgIpc) is 2.76. The third-order valence-electron chi connectivity index (χ3n) is 3.23. The summed E-state index contributed by atoms with van der Waals surface area (Å²) < 4.78 is 18.7. The minimum Gasteiger partial charge on any atom is -0.479 e. The lowest BCUT2D eigenvalue weighted by Gasteiger charge is -2.18. The van der Waals surface area contributed by atoms with E-state index < -0.39 is 12.3 Å². The highest BCUT2D eigenvalue weighted by Gasteiger charge is 2.19. The number of allylic oxidation sites excluding steroid dienone is 3. The smallest absolute Gasteiger partial charge is 0.261 e. The first-order chi connectivity index (χ1) is 11.5. The van der Waals surface area contributed by atoms with Crippen LogP contribution in [0.5, 0.6) is 5.75 Å². The Morgan fingerprint density at radius 3 is 2.96 bits per heavy atom. The van der Waals surface area contributed by atoms with Gasteiger partial charge in [0.25, 0.3) is 5.91 Å². The van der Waals surface area contributed by atoms with E-state index in [0.717, 1.165) is 0 Å². The zero-order chi connectivity index (χ0) is 17.5. The molecule has 0 aromatic heterocycles. The van der Waals surface area contributed by atoms with Crippen molar-refractivity contribution in [1.82, 2.24) is 5.32 Å². The van der Waals surface area contributed by atoms with Gasteiger partial charge in [-0.05, 0) is 36.8 Å². The molecule has 1 aliphatic carbocycles. The molecule has 2 atom stereocenters. The molecular formula is C18H16Cl2FNO2. The lowest BCUT2D eigenvalue weighted by molar-refractivity contribution is -0.127. The molecule has 2 rings (SSSR count). The Bertz CT molecular complexity index is 734. The van der Waals surface area contributed by atoms with Crippen molar-refractivity contribution in [3.8, 4) is 17.6 Å². The summed E-state index contributed by atoms with van der Waals surface area (Å²) >= 11 is 11.9. The maximum absolute atomic E-state index is 13.1. The molecule has 0 saturated heterocycles. The van der Waals surface area contributed by atoms with E-state index in [1.54, 1.807) is 30.4 Å². The van der Waals surface area contributed by atoms with Gasteiger partial charge in [-0.3, -0.25) is 4.79 Å². The second-order valence-corrected chi connectivity index (χ2v) is 5.90. The van der Waals surface area contributed by atoms with Crippen molar-refractivity contribution in [2.45, 2.75) is 25.6 Å². The number of hydrogen-bond donors (Lipinski definition) is 1. The van der Waals surface area contributed by atoms with Crippen LogP contribution in [0.25, 0.3) is 0 Å². The van der Waals surface area contributed by atoms with Gasteiger partial charge in [-0.15, -0.1) is 0 Å². The number of halogens is 3. The van der Waals surface area contributed by atoms with Crippen LogP contribution in [0.2, 0.25) is 10.0 Å². The van der Waals surface area contributed by atoms with E-state index in [1.807, 2.05) is 6.92 Å². The highest BCUT2D eigenvalue weighted by atomic mass is 35.5. The first-order valence-corrected chi connectivity index (χ1v) is 8.17. The van der Waals surface area contributed by atoms with Crippen molar-refractivity contribution in [1.29, 1.82) is 0 Å². The van der Waals surface area contributed by atoms with Gasteiger partial charge in [-0.2, -0.15) is 0 Å². The van der Waals surface area contributed by atoms with Crippen LogP contribution in [-0.4, -0.2) is 24.7 Å². The molecular weight excluding hydrogens is 352 g/mol. The van der Waals surface area contributed by atoms with Crippen molar-refractivity contribution in [2.75, 3.05) is 6.54 Å². The second-order valence-electron chi connectivity index (χ2n) is 5.06. The van der Waals surface area contributed by atoms with Gasteiger partial charge >= 0.3 is 0 Å². The van der Waals surface area contributed by atoms with E-state index in [1.165, 1.54) is 6.08 Å². The Hall–Kier alpha value is -1.96. The van der Waals surface area contributed by atoms with Gasteiger partial charge in [0.1, 0.15) is 5.75 Å². The van der Waals surface area contributed by atoms with Crippen LogP contribution in [0.1, 0.15) is 13.3 Å². The number of hydrogen-bond acceptors (Lipinski definition) is 2. The van der Waals surface area contributed by atoms with Gasteiger partial charge in [0.05, 0.1) is 11.6 Å². The summed E-state index contributed by atoms with van der Waals surface area (Å²) in [7, 11) is 0. The average molecular weight is 368 g/mol. The van der Waals surface area contributed by atoms with Crippen molar-refractivity contribution in [3.05, 3.63) is 52.0 Å². The summed E-state index contributed by atoms with van der Waals surface area (Å²) in [5.74, 6) is 5.21. The third-order valence-corrected chi connectivity index (χ3v) is 3.76. The van der Waals surface area contributed by atoms with Gasteiger partial charge in [0.2, 0.25) is 0 Å². The molecule has 0 spiro atoms. The molecule has 1 aromatic carbocycles. The first-order valence-electron chi connectivity index (χ1n) is 7.42. The predicted molar refractivity (Wildman–Crippen MR) is 94.1 cm³/mol. The van der Waals surface area contributed by atoms with Gasteiger partial charge in [-0.25, -0.2) is 4.39 Å². The molecule has 1 aromatic rings. The van der Waals surface area contributed by atoms with Gasteiger partial charge < -0.3 is 10.1 Å². The molecule has 0 fully saturated rings. The monoisotopic (exact) mass is 367 g/mol. The Balaban J connectivity index is 1.96. The number of carbonyl (C=O) groups is 1. The molecule has 0 aliphatic heterocycles. The molecule has 1 aliphatic rings. The van der Waals surface area contributed by atoms with E-state index in [2.05, 4.69) is 17.2 Å². The Kier molecular flexibility index (Phi) is 6.72. The fraction of sp³-hybridized carbons (Fsp3) is 0.278. The molecule has 1 N–H and O–H groups in total. The fourth-order valence-corrected chi connectivity index (χ4v) is 2.42. The summed E-state index contributed by atoms with van der Waals surface area (Å²) in [4.78, 5) is 12.3. The molecule has 24 heavy (non-hydrogen) atoms.